The predicted molar refractivity (Wildman–Crippen MR) is 93.1 cm³/mol. The molecule has 1 heterocycles. The van der Waals surface area contributed by atoms with Crippen molar-refractivity contribution < 1.29 is 9.59 Å². The van der Waals surface area contributed by atoms with Gasteiger partial charge in [-0.05, 0) is 46.3 Å². The second-order valence-corrected chi connectivity index (χ2v) is 7.29. The molecule has 0 saturated heterocycles. The van der Waals surface area contributed by atoms with Crippen LogP contribution in [-0.4, -0.2) is 11.8 Å². The lowest BCUT2D eigenvalue weighted by Crippen LogP contribution is -2.40. The lowest BCUT2D eigenvalue weighted by atomic mass is 10.2. The van der Waals surface area contributed by atoms with Crippen molar-refractivity contribution in [1.29, 1.82) is 0 Å². The fourth-order valence-electron chi connectivity index (χ4n) is 1.49. The largest absolute Gasteiger partial charge is 0.279 e. The highest BCUT2D eigenvalue weighted by atomic mass is 79.9. The van der Waals surface area contributed by atoms with Crippen LogP contribution in [0.3, 0.4) is 0 Å². The number of thiophene rings is 1. The van der Waals surface area contributed by atoms with Gasteiger partial charge < -0.3 is 0 Å². The fourth-order valence-corrected chi connectivity index (χ4v) is 3.29. The molecule has 2 N–H and O–H groups in total. The molecule has 0 radical (unpaired) electrons. The third-order valence-electron chi connectivity index (χ3n) is 2.50. The van der Waals surface area contributed by atoms with Crippen LogP contribution in [-0.2, 0) is 4.79 Å². The lowest BCUT2D eigenvalue weighted by Gasteiger charge is -2.04. The van der Waals surface area contributed by atoms with E-state index in [9.17, 15) is 9.59 Å². The Kier molecular flexibility index (Phi) is 6.02. The second-order valence-electron chi connectivity index (χ2n) is 4.02. The Bertz CT molecular complexity index is 726. The summed E-state index contributed by atoms with van der Waals surface area (Å²) in [5, 5.41) is 0.869. The molecule has 22 heavy (non-hydrogen) atoms. The Hall–Kier alpha value is -1.34. The third kappa shape index (κ3) is 4.58. The molecule has 2 rings (SSSR count). The summed E-state index contributed by atoms with van der Waals surface area (Å²) >= 11 is 16.5. The SMILES string of the molecule is O=C(/C=C/c1c(Cl)cccc1Cl)NNC(=O)c1ccc(Br)s1. The van der Waals surface area contributed by atoms with E-state index >= 15 is 0 Å². The van der Waals surface area contributed by atoms with Crippen LogP contribution in [0.4, 0.5) is 0 Å². The van der Waals surface area contributed by atoms with Crippen LogP contribution >= 0.6 is 50.5 Å². The van der Waals surface area contributed by atoms with Crippen LogP contribution in [0.15, 0.2) is 40.2 Å². The van der Waals surface area contributed by atoms with E-state index in [-0.39, 0.29) is 0 Å². The quantitative estimate of drug-likeness (QED) is 0.575. The highest BCUT2D eigenvalue weighted by Gasteiger charge is 2.08. The van der Waals surface area contributed by atoms with Gasteiger partial charge in [-0.2, -0.15) is 0 Å². The molecule has 0 saturated carbocycles. The molecule has 4 nitrogen and oxygen atoms in total. The lowest BCUT2D eigenvalue weighted by molar-refractivity contribution is -0.117. The van der Waals surface area contributed by atoms with Gasteiger partial charge in [0, 0.05) is 21.7 Å². The molecular formula is C14H9BrCl2N2O2S. The summed E-state index contributed by atoms with van der Waals surface area (Å²) in [6.45, 7) is 0. The predicted octanol–water partition coefficient (Wildman–Crippen LogP) is 4.29. The molecule has 8 heteroatoms. The number of amides is 2. The number of benzene rings is 1. The van der Waals surface area contributed by atoms with Gasteiger partial charge in [-0.3, -0.25) is 20.4 Å². The van der Waals surface area contributed by atoms with Crippen molar-refractivity contribution in [2.75, 3.05) is 0 Å². The van der Waals surface area contributed by atoms with Crippen molar-refractivity contribution in [3.8, 4) is 0 Å². The minimum atomic E-state index is -0.500. The zero-order valence-electron chi connectivity index (χ0n) is 10.9. The second kappa shape index (κ2) is 7.78. The summed E-state index contributed by atoms with van der Waals surface area (Å²) in [6.07, 6.45) is 2.71. The van der Waals surface area contributed by atoms with Crippen molar-refractivity contribution in [3.05, 3.63) is 60.7 Å². The zero-order valence-corrected chi connectivity index (χ0v) is 14.8. The highest BCUT2D eigenvalue weighted by molar-refractivity contribution is 9.11. The van der Waals surface area contributed by atoms with E-state index in [2.05, 4.69) is 26.8 Å². The van der Waals surface area contributed by atoms with Crippen molar-refractivity contribution in [3.63, 3.8) is 0 Å². The van der Waals surface area contributed by atoms with Gasteiger partial charge >= 0.3 is 0 Å². The van der Waals surface area contributed by atoms with Gasteiger partial charge in [0.15, 0.2) is 0 Å². The Morgan fingerprint density at radius 3 is 2.36 bits per heavy atom. The van der Waals surface area contributed by atoms with E-state index in [0.29, 0.717) is 20.5 Å². The van der Waals surface area contributed by atoms with Crippen LogP contribution in [0.2, 0.25) is 10.0 Å². The Labute approximate surface area is 149 Å². The van der Waals surface area contributed by atoms with Gasteiger partial charge in [0.25, 0.3) is 11.8 Å². The molecule has 0 aliphatic heterocycles. The minimum Gasteiger partial charge on any atom is -0.268 e. The Balaban J connectivity index is 1.93. The van der Waals surface area contributed by atoms with Gasteiger partial charge in [-0.15, -0.1) is 11.3 Å². The van der Waals surface area contributed by atoms with Crippen molar-refractivity contribution in [2.24, 2.45) is 0 Å². The average molecular weight is 420 g/mol. The number of carbonyl (C=O) groups is 2. The van der Waals surface area contributed by atoms with Crippen LogP contribution < -0.4 is 10.9 Å². The summed E-state index contributed by atoms with van der Waals surface area (Å²) in [6, 6.07) is 8.45. The molecule has 0 fully saturated rings. The number of halogens is 3. The number of carbonyl (C=O) groups excluding carboxylic acids is 2. The van der Waals surface area contributed by atoms with Gasteiger partial charge in [-0.1, -0.05) is 29.3 Å². The fraction of sp³-hybridized carbons (Fsp3) is 0. The van der Waals surface area contributed by atoms with E-state index in [1.807, 2.05) is 0 Å². The Morgan fingerprint density at radius 1 is 1.09 bits per heavy atom. The molecule has 0 aliphatic rings. The van der Waals surface area contributed by atoms with Crippen molar-refractivity contribution in [2.45, 2.75) is 0 Å². The third-order valence-corrected chi connectivity index (χ3v) is 4.78. The molecule has 0 spiro atoms. The van der Waals surface area contributed by atoms with Gasteiger partial charge in [0.05, 0.1) is 8.66 Å². The molecule has 2 aromatic rings. The molecular weight excluding hydrogens is 411 g/mol. The van der Waals surface area contributed by atoms with Gasteiger partial charge in [0.1, 0.15) is 0 Å². The first-order valence-corrected chi connectivity index (χ1v) is 8.31. The summed E-state index contributed by atoms with van der Waals surface area (Å²) in [4.78, 5) is 23.9. The molecule has 0 aliphatic carbocycles. The molecule has 2 amide bonds. The van der Waals surface area contributed by atoms with E-state index in [1.54, 1.807) is 30.3 Å². The molecule has 114 valence electrons. The van der Waals surface area contributed by atoms with E-state index in [4.69, 9.17) is 23.2 Å². The van der Waals surface area contributed by atoms with Gasteiger partial charge in [-0.25, -0.2) is 0 Å². The van der Waals surface area contributed by atoms with Crippen LogP contribution in [0.5, 0.6) is 0 Å². The van der Waals surface area contributed by atoms with Crippen LogP contribution in [0, 0.1) is 0 Å². The average Bonchev–Trinajstić information content (AvgIpc) is 2.91. The minimum absolute atomic E-state index is 0.395. The van der Waals surface area contributed by atoms with E-state index < -0.39 is 11.8 Å². The first kappa shape index (κ1) is 17.0. The van der Waals surface area contributed by atoms with Crippen molar-refractivity contribution >= 4 is 68.4 Å². The zero-order chi connectivity index (χ0) is 16.1. The molecule has 1 aromatic carbocycles. The summed E-state index contributed by atoms with van der Waals surface area (Å²) < 4.78 is 0.831. The van der Waals surface area contributed by atoms with E-state index in [0.717, 1.165) is 3.79 Å². The topological polar surface area (TPSA) is 58.2 Å². The molecule has 1 aromatic heterocycles. The first-order chi connectivity index (χ1) is 10.5. The smallest absolute Gasteiger partial charge is 0.268 e. The standard InChI is InChI=1S/C14H9BrCl2N2O2S/c15-12-6-5-11(22-12)14(21)19-18-13(20)7-4-8-9(16)2-1-3-10(8)17/h1-7H,(H,18,20)(H,19,21)/b7-4+. The summed E-state index contributed by atoms with van der Waals surface area (Å²) in [5.41, 5.74) is 5.13. The summed E-state index contributed by atoms with van der Waals surface area (Å²) in [5.74, 6) is -0.895. The van der Waals surface area contributed by atoms with Crippen molar-refractivity contribution in [1.82, 2.24) is 10.9 Å². The molecule has 0 unspecified atom stereocenters. The van der Waals surface area contributed by atoms with E-state index in [1.165, 1.54) is 23.5 Å². The number of hydrogen-bond donors (Lipinski definition) is 2. The maximum Gasteiger partial charge on any atom is 0.279 e. The summed E-state index contributed by atoms with van der Waals surface area (Å²) in [7, 11) is 0. The highest BCUT2D eigenvalue weighted by Crippen LogP contribution is 2.25. The monoisotopic (exact) mass is 418 g/mol. The number of rotatable bonds is 3. The molecule has 0 bridgehead atoms. The molecule has 0 atom stereocenters. The number of nitrogens with one attached hydrogen (secondary N) is 2. The van der Waals surface area contributed by atoms with Gasteiger partial charge in [0.2, 0.25) is 0 Å². The maximum atomic E-state index is 11.7. The normalized spacial score (nSPS) is 10.7. The number of hydrazine groups is 1. The Morgan fingerprint density at radius 2 is 1.77 bits per heavy atom. The number of hydrogen-bond acceptors (Lipinski definition) is 3. The first-order valence-electron chi connectivity index (χ1n) is 5.95. The van der Waals surface area contributed by atoms with Crippen LogP contribution in [0.25, 0.3) is 6.08 Å². The van der Waals surface area contributed by atoms with Crippen LogP contribution in [0.1, 0.15) is 15.2 Å². The maximum absolute atomic E-state index is 11.7.